The summed E-state index contributed by atoms with van der Waals surface area (Å²) < 4.78 is 5.50. The average Bonchev–Trinajstić information content (AvgIpc) is 2.84. The lowest BCUT2D eigenvalue weighted by molar-refractivity contribution is -0.144. The Balaban J connectivity index is 1.90. The molecule has 2 aliphatic heterocycles. The van der Waals surface area contributed by atoms with Crippen molar-refractivity contribution < 1.29 is 14.6 Å². The van der Waals surface area contributed by atoms with Crippen LogP contribution in [0.2, 0.25) is 0 Å². The van der Waals surface area contributed by atoms with Crippen molar-refractivity contribution >= 4 is 17.7 Å². The second kappa shape index (κ2) is 4.94. The summed E-state index contributed by atoms with van der Waals surface area (Å²) in [4.78, 5) is 11.4. The Morgan fingerprint density at radius 2 is 2.50 bits per heavy atom. The van der Waals surface area contributed by atoms with E-state index in [0.29, 0.717) is 24.0 Å². The van der Waals surface area contributed by atoms with Crippen LogP contribution in [0, 0.1) is 0 Å². The van der Waals surface area contributed by atoms with Crippen molar-refractivity contribution in [2.45, 2.75) is 43.1 Å². The zero-order valence-corrected chi connectivity index (χ0v) is 10.4. The Kier molecular flexibility index (Phi) is 3.77. The van der Waals surface area contributed by atoms with Crippen LogP contribution in [0.5, 0.6) is 0 Å². The van der Waals surface area contributed by atoms with E-state index in [2.05, 4.69) is 12.2 Å². The highest BCUT2D eigenvalue weighted by molar-refractivity contribution is 8.00. The molecule has 2 heterocycles. The van der Waals surface area contributed by atoms with Gasteiger partial charge in [-0.25, -0.2) is 0 Å². The van der Waals surface area contributed by atoms with Crippen LogP contribution in [0.15, 0.2) is 0 Å². The molecular formula is C11H19NO3S. The molecule has 2 N–H and O–H groups in total. The van der Waals surface area contributed by atoms with Gasteiger partial charge in [0.1, 0.15) is 5.54 Å². The molecule has 0 bridgehead atoms. The largest absolute Gasteiger partial charge is 0.480 e. The Morgan fingerprint density at radius 3 is 3.00 bits per heavy atom. The Labute approximate surface area is 100 Å². The molecule has 0 aromatic rings. The second-order valence-electron chi connectivity index (χ2n) is 4.73. The number of ether oxygens (including phenoxy) is 1. The maximum absolute atomic E-state index is 11.4. The van der Waals surface area contributed by atoms with Crippen LogP contribution in [0.4, 0.5) is 0 Å². The van der Waals surface area contributed by atoms with Crippen molar-refractivity contribution in [1.29, 1.82) is 0 Å². The van der Waals surface area contributed by atoms with Crippen LogP contribution in [-0.2, 0) is 9.53 Å². The van der Waals surface area contributed by atoms with Crippen LogP contribution in [0.3, 0.4) is 0 Å². The molecule has 0 aromatic carbocycles. The van der Waals surface area contributed by atoms with Gasteiger partial charge in [0.25, 0.3) is 0 Å². The molecule has 0 amide bonds. The third kappa shape index (κ3) is 2.52. The van der Waals surface area contributed by atoms with Gasteiger partial charge in [-0.1, -0.05) is 6.92 Å². The Morgan fingerprint density at radius 1 is 1.69 bits per heavy atom. The quantitative estimate of drug-likeness (QED) is 0.777. The van der Waals surface area contributed by atoms with E-state index in [1.807, 2.05) is 0 Å². The fourth-order valence-electron chi connectivity index (χ4n) is 2.36. The number of nitrogens with one attached hydrogen (secondary N) is 1. The summed E-state index contributed by atoms with van der Waals surface area (Å²) in [7, 11) is 0. The fraction of sp³-hybridized carbons (Fsp3) is 0.909. The van der Waals surface area contributed by atoms with Crippen LogP contribution < -0.4 is 5.32 Å². The monoisotopic (exact) mass is 245 g/mol. The molecule has 3 unspecified atom stereocenters. The lowest BCUT2D eigenvalue weighted by atomic mass is 9.96. The highest BCUT2D eigenvalue weighted by Gasteiger charge is 2.44. The van der Waals surface area contributed by atoms with E-state index in [-0.39, 0.29) is 6.10 Å². The number of rotatable bonds is 4. The smallest absolute Gasteiger partial charge is 0.324 e. The first kappa shape index (κ1) is 12.2. The predicted molar refractivity (Wildman–Crippen MR) is 63.9 cm³/mol. The van der Waals surface area contributed by atoms with Gasteiger partial charge in [0.05, 0.1) is 6.10 Å². The summed E-state index contributed by atoms with van der Waals surface area (Å²) >= 11 is 1.73. The summed E-state index contributed by atoms with van der Waals surface area (Å²) in [6, 6.07) is 0. The normalized spacial score (nSPS) is 39.1. The molecule has 2 aliphatic rings. The van der Waals surface area contributed by atoms with E-state index in [0.717, 1.165) is 19.4 Å². The van der Waals surface area contributed by atoms with Gasteiger partial charge in [-0.05, 0) is 19.3 Å². The molecule has 3 atom stereocenters. The van der Waals surface area contributed by atoms with Crippen LogP contribution >= 0.6 is 11.8 Å². The van der Waals surface area contributed by atoms with Crippen molar-refractivity contribution in [3.8, 4) is 0 Å². The average molecular weight is 245 g/mol. The van der Waals surface area contributed by atoms with Crippen molar-refractivity contribution in [3.05, 3.63) is 0 Å². The molecule has 16 heavy (non-hydrogen) atoms. The SMILES string of the molecule is CC1CC(NCC2CCCO2)(C(=O)O)CS1. The number of aliphatic carboxylic acids is 1. The highest BCUT2D eigenvalue weighted by Crippen LogP contribution is 2.34. The number of hydrogen-bond donors (Lipinski definition) is 2. The van der Waals surface area contributed by atoms with Crippen LogP contribution in [0.1, 0.15) is 26.2 Å². The molecule has 92 valence electrons. The van der Waals surface area contributed by atoms with E-state index >= 15 is 0 Å². The Bertz CT molecular complexity index is 268. The van der Waals surface area contributed by atoms with Crippen LogP contribution in [0.25, 0.3) is 0 Å². The molecule has 0 aromatic heterocycles. The minimum atomic E-state index is -0.726. The minimum Gasteiger partial charge on any atom is -0.480 e. The number of carboxylic acids is 1. The van der Waals surface area contributed by atoms with Gasteiger partial charge >= 0.3 is 5.97 Å². The number of carbonyl (C=O) groups is 1. The van der Waals surface area contributed by atoms with Gasteiger partial charge in [0.15, 0.2) is 0 Å². The number of carboxylic acid groups (broad SMARTS) is 1. The van der Waals surface area contributed by atoms with Crippen molar-refractivity contribution in [2.24, 2.45) is 0 Å². The summed E-state index contributed by atoms with van der Waals surface area (Å²) in [5.41, 5.74) is -0.726. The maximum Gasteiger partial charge on any atom is 0.324 e. The minimum absolute atomic E-state index is 0.206. The zero-order chi connectivity index (χ0) is 11.6. The molecule has 0 radical (unpaired) electrons. The molecule has 2 rings (SSSR count). The fourth-order valence-corrected chi connectivity index (χ4v) is 3.67. The van der Waals surface area contributed by atoms with Crippen LogP contribution in [-0.4, -0.2) is 46.9 Å². The first-order valence-corrected chi connectivity index (χ1v) is 6.89. The standard InChI is InChI=1S/C11H19NO3S/c1-8-5-11(7-16-8,10(13)14)12-6-9-3-2-4-15-9/h8-9,12H,2-7H2,1H3,(H,13,14). The van der Waals surface area contributed by atoms with E-state index in [9.17, 15) is 9.90 Å². The summed E-state index contributed by atoms with van der Waals surface area (Å²) in [5.74, 6) is -0.0571. The lowest BCUT2D eigenvalue weighted by Gasteiger charge is -2.26. The summed E-state index contributed by atoms with van der Waals surface area (Å²) in [6.07, 6.45) is 3.06. The van der Waals surface area contributed by atoms with E-state index in [1.54, 1.807) is 11.8 Å². The second-order valence-corrected chi connectivity index (χ2v) is 6.16. The van der Waals surface area contributed by atoms with Gasteiger partial charge in [0, 0.05) is 24.2 Å². The zero-order valence-electron chi connectivity index (χ0n) is 9.57. The Hall–Kier alpha value is -0.260. The van der Waals surface area contributed by atoms with Crippen molar-refractivity contribution in [1.82, 2.24) is 5.32 Å². The molecule has 2 fully saturated rings. The molecule has 4 nitrogen and oxygen atoms in total. The third-order valence-electron chi connectivity index (χ3n) is 3.35. The highest BCUT2D eigenvalue weighted by atomic mass is 32.2. The third-order valence-corrected chi connectivity index (χ3v) is 4.75. The van der Waals surface area contributed by atoms with Gasteiger partial charge < -0.3 is 9.84 Å². The van der Waals surface area contributed by atoms with E-state index < -0.39 is 11.5 Å². The van der Waals surface area contributed by atoms with Crippen molar-refractivity contribution in [3.63, 3.8) is 0 Å². The van der Waals surface area contributed by atoms with E-state index in [1.165, 1.54) is 0 Å². The van der Waals surface area contributed by atoms with Gasteiger partial charge in [-0.15, -0.1) is 0 Å². The van der Waals surface area contributed by atoms with Crippen molar-refractivity contribution in [2.75, 3.05) is 18.9 Å². The summed E-state index contributed by atoms with van der Waals surface area (Å²) in [5, 5.41) is 13.0. The topological polar surface area (TPSA) is 58.6 Å². The van der Waals surface area contributed by atoms with Gasteiger partial charge in [-0.2, -0.15) is 11.8 Å². The molecule has 2 saturated heterocycles. The summed E-state index contributed by atoms with van der Waals surface area (Å²) in [6.45, 7) is 3.57. The molecule has 0 saturated carbocycles. The van der Waals surface area contributed by atoms with Gasteiger partial charge in [-0.3, -0.25) is 10.1 Å². The first-order valence-electron chi connectivity index (χ1n) is 5.84. The van der Waals surface area contributed by atoms with E-state index in [4.69, 9.17) is 4.74 Å². The number of hydrogen-bond acceptors (Lipinski definition) is 4. The lowest BCUT2D eigenvalue weighted by Crippen LogP contribution is -2.54. The number of thioether (sulfide) groups is 1. The van der Waals surface area contributed by atoms with Gasteiger partial charge in [0.2, 0.25) is 0 Å². The molecule has 0 spiro atoms. The molecule has 0 aliphatic carbocycles. The maximum atomic E-state index is 11.4. The predicted octanol–water partition coefficient (Wildman–Crippen LogP) is 1.10. The molecular weight excluding hydrogens is 226 g/mol. The molecule has 5 heteroatoms. The first-order chi connectivity index (χ1) is 7.62.